The first-order valence-electron chi connectivity index (χ1n) is 20.8. The molecule has 0 fully saturated rings. The zero-order valence-corrected chi connectivity index (χ0v) is 34.1. The number of anilines is 3. The van der Waals surface area contributed by atoms with Gasteiger partial charge >= 0.3 is 0 Å². The smallest absolute Gasteiger partial charge is 0.0640 e. The van der Waals surface area contributed by atoms with Crippen molar-refractivity contribution in [2.24, 2.45) is 0 Å². The average molecular weight is 795 g/mol. The van der Waals surface area contributed by atoms with Gasteiger partial charge in [0.15, 0.2) is 0 Å². The van der Waals surface area contributed by atoms with Crippen LogP contribution >= 0.6 is 11.3 Å². The summed E-state index contributed by atoms with van der Waals surface area (Å²) >= 11 is 1.87. The van der Waals surface area contributed by atoms with Gasteiger partial charge in [-0.3, -0.25) is 0 Å². The van der Waals surface area contributed by atoms with Crippen LogP contribution in [0.15, 0.2) is 231 Å². The number of aromatic nitrogens is 1. The maximum atomic E-state index is 2.43. The highest BCUT2D eigenvalue weighted by atomic mass is 32.1. The predicted molar refractivity (Wildman–Crippen MR) is 262 cm³/mol. The van der Waals surface area contributed by atoms with Gasteiger partial charge in [0.05, 0.1) is 27.1 Å². The van der Waals surface area contributed by atoms with E-state index in [1.807, 2.05) is 11.3 Å². The number of hydrogen-bond acceptors (Lipinski definition) is 2. The molecule has 0 aliphatic heterocycles. The van der Waals surface area contributed by atoms with Gasteiger partial charge in [0.1, 0.15) is 0 Å². The van der Waals surface area contributed by atoms with Crippen LogP contribution in [0, 0.1) is 0 Å². The van der Waals surface area contributed by atoms with Gasteiger partial charge < -0.3 is 9.47 Å². The van der Waals surface area contributed by atoms with E-state index in [4.69, 9.17) is 0 Å². The summed E-state index contributed by atoms with van der Waals surface area (Å²) in [5.74, 6) is 0. The van der Waals surface area contributed by atoms with E-state index in [1.165, 1.54) is 97.5 Å². The van der Waals surface area contributed by atoms with Gasteiger partial charge in [-0.15, -0.1) is 11.3 Å². The maximum Gasteiger partial charge on any atom is 0.0640 e. The van der Waals surface area contributed by atoms with Crippen molar-refractivity contribution in [3.05, 3.63) is 231 Å². The Labute approximate surface area is 358 Å². The molecular weight excluding hydrogens is 757 g/mol. The fourth-order valence-electron chi connectivity index (χ4n) is 9.29. The van der Waals surface area contributed by atoms with Crippen LogP contribution in [-0.4, -0.2) is 4.57 Å². The molecule has 0 bridgehead atoms. The molecule has 12 rings (SSSR count). The number of benzene rings is 10. The summed E-state index contributed by atoms with van der Waals surface area (Å²) in [5.41, 5.74) is 14.1. The minimum Gasteiger partial charge on any atom is -0.309 e. The lowest BCUT2D eigenvalue weighted by atomic mass is 9.97. The molecule has 0 saturated carbocycles. The minimum atomic E-state index is 1.11. The van der Waals surface area contributed by atoms with E-state index in [0.29, 0.717) is 0 Å². The highest BCUT2D eigenvalue weighted by Gasteiger charge is 2.20. The quantitative estimate of drug-likeness (QED) is 0.156. The van der Waals surface area contributed by atoms with Gasteiger partial charge in [-0.2, -0.15) is 0 Å². The Kier molecular flexibility index (Phi) is 8.39. The summed E-state index contributed by atoms with van der Waals surface area (Å²) < 4.78 is 4.99. The number of thiophene rings is 1. The Morgan fingerprint density at radius 1 is 0.344 bits per heavy atom. The largest absolute Gasteiger partial charge is 0.309 e. The maximum absolute atomic E-state index is 2.43. The van der Waals surface area contributed by atoms with Crippen LogP contribution in [0.2, 0.25) is 0 Å². The minimum absolute atomic E-state index is 1.11. The number of rotatable bonds is 7. The van der Waals surface area contributed by atoms with Gasteiger partial charge in [0, 0.05) is 43.2 Å². The molecular formula is C58H38N2S. The van der Waals surface area contributed by atoms with E-state index in [-0.39, 0.29) is 0 Å². The van der Waals surface area contributed by atoms with Crippen LogP contribution in [0.3, 0.4) is 0 Å². The zero-order chi connectivity index (χ0) is 40.3. The summed E-state index contributed by atoms with van der Waals surface area (Å²) in [5, 5.41) is 7.60. The van der Waals surface area contributed by atoms with E-state index in [0.717, 1.165) is 11.4 Å². The topological polar surface area (TPSA) is 8.17 Å². The summed E-state index contributed by atoms with van der Waals surface area (Å²) in [6.07, 6.45) is 0. The van der Waals surface area contributed by atoms with Crippen LogP contribution in [0.4, 0.5) is 17.1 Å². The molecule has 0 amide bonds. The highest BCUT2D eigenvalue weighted by molar-refractivity contribution is 7.26. The Hall–Kier alpha value is -7.72. The third kappa shape index (κ3) is 6.01. The lowest BCUT2D eigenvalue weighted by Gasteiger charge is -2.27. The van der Waals surface area contributed by atoms with Crippen LogP contribution < -0.4 is 4.90 Å². The van der Waals surface area contributed by atoms with Crippen LogP contribution in [0.1, 0.15) is 0 Å². The Morgan fingerprint density at radius 2 is 0.934 bits per heavy atom. The summed E-state index contributed by atoms with van der Waals surface area (Å²) in [6, 6.07) is 84.2. The van der Waals surface area contributed by atoms with Gasteiger partial charge in [0.2, 0.25) is 0 Å². The monoisotopic (exact) mass is 794 g/mol. The van der Waals surface area contributed by atoms with Crippen molar-refractivity contribution in [3.8, 4) is 39.1 Å². The van der Waals surface area contributed by atoms with Crippen molar-refractivity contribution in [2.45, 2.75) is 0 Å². The second-order valence-corrected chi connectivity index (χ2v) is 16.8. The Balaban J connectivity index is 0.964. The van der Waals surface area contributed by atoms with Crippen LogP contribution in [0.25, 0.3) is 91.8 Å². The molecule has 286 valence electrons. The van der Waals surface area contributed by atoms with Crippen molar-refractivity contribution < 1.29 is 0 Å². The molecule has 3 heteroatoms. The van der Waals surface area contributed by atoms with Crippen molar-refractivity contribution in [1.82, 2.24) is 4.57 Å². The van der Waals surface area contributed by atoms with Gasteiger partial charge in [0.25, 0.3) is 0 Å². The van der Waals surface area contributed by atoms with Crippen LogP contribution in [-0.2, 0) is 0 Å². The molecule has 0 atom stereocenters. The van der Waals surface area contributed by atoms with E-state index in [9.17, 15) is 0 Å². The first-order valence-corrected chi connectivity index (χ1v) is 21.6. The first kappa shape index (κ1) is 35.2. The number of fused-ring (bicyclic) bond motifs is 7. The lowest BCUT2D eigenvalue weighted by molar-refractivity contribution is 1.18. The van der Waals surface area contributed by atoms with E-state index < -0.39 is 0 Å². The standard InChI is InChI=1S/C58H38N2S/c1-2-15-41-36-44(31-30-39(41)14-1)43-17-12-19-47(38-43)59(56-28-13-24-52-51-23-6-10-29-57(51)61-58(52)56)46-34-32-40(33-35-46)42-16-11-18-45(37-42)48-20-3-7-25-53(48)60-54-26-8-4-21-49(54)50-22-5-9-27-55(50)60/h1-38H. The van der Waals surface area contributed by atoms with E-state index in [1.54, 1.807) is 0 Å². The number of para-hydroxylation sites is 3. The molecule has 0 saturated heterocycles. The van der Waals surface area contributed by atoms with Gasteiger partial charge in [-0.05, 0) is 105 Å². The third-order valence-electron chi connectivity index (χ3n) is 12.2. The number of nitrogens with zero attached hydrogens (tertiary/aromatic N) is 2. The van der Waals surface area contributed by atoms with Gasteiger partial charge in [-0.1, -0.05) is 164 Å². The fraction of sp³-hybridized carbons (Fsp3) is 0. The molecule has 0 aliphatic carbocycles. The zero-order valence-electron chi connectivity index (χ0n) is 33.2. The Bertz CT molecular complexity index is 3560. The molecule has 0 N–H and O–H groups in total. The first-order chi connectivity index (χ1) is 30.2. The van der Waals surface area contributed by atoms with Crippen molar-refractivity contribution >= 4 is 81.1 Å². The second-order valence-electron chi connectivity index (χ2n) is 15.7. The molecule has 10 aromatic carbocycles. The predicted octanol–water partition coefficient (Wildman–Crippen LogP) is 16.8. The lowest BCUT2D eigenvalue weighted by Crippen LogP contribution is -2.10. The Morgan fingerprint density at radius 3 is 1.75 bits per heavy atom. The molecule has 2 nitrogen and oxygen atoms in total. The van der Waals surface area contributed by atoms with Crippen molar-refractivity contribution in [1.29, 1.82) is 0 Å². The fourth-order valence-corrected chi connectivity index (χ4v) is 10.5. The van der Waals surface area contributed by atoms with Gasteiger partial charge in [-0.25, -0.2) is 0 Å². The summed E-state index contributed by atoms with van der Waals surface area (Å²) in [6.45, 7) is 0. The highest BCUT2D eigenvalue weighted by Crippen LogP contribution is 2.46. The average Bonchev–Trinajstić information content (AvgIpc) is 3.88. The molecule has 0 aliphatic rings. The molecule has 0 radical (unpaired) electrons. The second kappa shape index (κ2) is 14.5. The molecule has 61 heavy (non-hydrogen) atoms. The van der Waals surface area contributed by atoms with Crippen molar-refractivity contribution in [2.75, 3.05) is 4.90 Å². The van der Waals surface area contributed by atoms with Crippen LogP contribution in [0.5, 0.6) is 0 Å². The number of hydrogen-bond donors (Lipinski definition) is 0. The summed E-state index contributed by atoms with van der Waals surface area (Å²) in [7, 11) is 0. The summed E-state index contributed by atoms with van der Waals surface area (Å²) in [4.78, 5) is 2.43. The normalized spacial score (nSPS) is 11.6. The molecule has 0 spiro atoms. The molecule has 12 aromatic rings. The van der Waals surface area contributed by atoms with Crippen molar-refractivity contribution in [3.63, 3.8) is 0 Å². The third-order valence-corrected chi connectivity index (χ3v) is 13.4. The SMILES string of the molecule is c1cc(-c2ccc(N(c3cccc(-c4ccc5ccccc5c4)c3)c3cccc4c3sc3ccccc34)cc2)cc(-c2ccccc2-n2c3ccccc3c3ccccc32)c1. The van der Waals surface area contributed by atoms with E-state index in [2.05, 4.69) is 240 Å². The molecule has 2 aromatic heterocycles. The molecule has 0 unspecified atom stereocenters. The van der Waals surface area contributed by atoms with E-state index >= 15 is 0 Å². The molecule has 2 heterocycles.